The van der Waals surface area contributed by atoms with E-state index in [9.17, 15) is 0 Å². The summed E-state index contributed by atoms with van der Waals surface area (Å²) in [6.45, 7) is 10.4. The van der Waals surface area contributed by atoms with Gasteiger partial charge in [-0.15, -0.1) is 11.3 Å². The van der Waals surface area contributed by atoms with Crippen molar-refractivity contribution >= 4 is 44.7 Å². The maximum Gasteiger partial charge on any atom is 0.161 e. The van der Waals surface area contributed by atoms with Crippen LogP contribution < -0.4 is 5.32 Å². The Morgan fingerprint density at radius 1 is 0.975 bits per heavy atom. The SMILES string of the molecule is C=C(C)c1ccc(-c2cccc3[nH]c(-c4n[nH]c5ccc(-c6cncc(NC(=C)C7CCCC7)c6)nc45)nc23)s1. The van der Waals surface area contributed by atoms with E-state index in [0.717, 1.165) is 60.7 Å². The van der Waals surface area contributed by atoms with Crippen molar-refractivity contribution in [1.82, 2.24) is 30.1 Å². The van der Waals surface area contributed by atoms with E-state index in [0.29, 0.717) is 17.4 Å². The number of imidazole rings is 1. The molecule has 198 valence electrons. The number of allylic oxidation sites excluding steroid dienone is 2. The topological polar surface area (TPSA) is 95.2 Å². The first-order chi connectivity index (χ1) is 19.5. The summed E-state index contributed by atoms with van der Waals surface area (Å²) >= 11 is 1.73. The molecule has 0 radical (unpaired) electrons. The minimum atomic E-state index is 0.531. The quantitative estimate of drug-likeness (QED) is 0.188. The molecule has 1 aliphatic carbocycles. The largest absolute Gasteiger partial charge is 0.358 e. The van der Waals surface area contributed by atoms with E-state index in [4.69, 9.17) is 9.97 Å². The fourth-order valence-electron chi connectivity index (χ4n) is 5.49. The molecule has 6 aromatic rings. The predicted octanol–water partition coefficient (Wildman–Crippen LogP) is 8.44. The third-order valence-electron chi connectivity index (χ3n) is 7.62. The maximum atomic E-state index is 5.00. The first-order valence-electron chi connectivity index (χ1n) is 13.5. The van der Waals surface area contributed by atoms with Crippen LogP contribution in [-0.2, 0) is 0 Å². The monoisotopic (exact) mass is 543 g/mol. The average Bonchev–Trinajstić information content (AvgIpc) is 3.78. The molecule has 0 aliphatic heterocycles. The molecule has 7 rings (SSSR count). The van der Waals surface area contributed by atoms with E-state index >= 15 is 0 Å². The normalized spacial score (nSPS) is 13.8. The van der Waals surface area contributed by atoms with Crippen LogP contribution in [0.15, 0.2) is 79.8 Å². The number of thiophene rings is 1. The molecule has 1 aliphatic rings. The standard InChI is InChI=1S/C32H29N7S/c1-18(2)27-13-14-28(40-27)23-9-6-10-25-29(23)37-32(36-25)31-30-26(38-39-31)12-11-24(35-30)21-15-22(17-33-16-21)34-19(3)20-7-4-5-8-20/h6,9-17,20,34H,1,3-5,7-8H2,2H3,(H,36,37)(H,38,39). The zero-order valence-corrected chi connectivity index (χ0v) is 23.1. The number of aromatic nitrogens is 6. The Hall–Kier alpha value is -4.56. The summed E-state index contributed by atoms with van der Waals surface area (Å²) in [5, 5.41) is 11.2. The molecule has 5 heterocycles. The van der Waals surface area contributed by atoms with Gasteiger partial charge in [0.25, 0.3) is 0 Å². The van der Waals surface area contributed by atoms with Gasteiger partial charge >= 0.3 is 0 Å². The Balaban J connectivity index is 1.24. The van der Waals surface area contributed by atoms with E-state index in [-0.39, 0.29) is 0 Å². The number of hydrogen-bond donors (Lipinski definition) is 3. The fraction of sp³-hybridized carbons (Fsp3) is 0.188. The Morgan fingerprint density at radius 3 is 2.67 bits per heavy atom. The molecular weight excluding hydrogens is 514 g/mol. The number of pyridine rings is 2. The van der Waals surface area contributed by atoms with E-state index < -0.39 is 0 Å². The Morgan fingerprint density at radius 2 is 1.85 bits per heavy atom. The van der Waals surface area contributed by atoms with Crippen LogP contribution in [-0.4, -0.2) is 30.1 Å². The molecule has 1 saturated carbocycles. The van der Waals surface area contributed by atoms with Crippen LogP contribution in [0.2, 0.25) is 0 Å². The van der Waals surface area contributed by atoms with Crippen LogP contribution in [0.4, 0.5) is 5.69 Å². The van der Waals surface area contributed by atoms with Gasteiger partial charge in [0.15, 0.2) is 11.5 Å². The molecule has 5 aromatic heterocycles. The molecule has 0 bridgehead atoms. The second-order valence-corrected chi connectivity index (χ2v) is 11.6. The van der Waals surface area contributed by atoms with Gasteiger partial charge in [-0.1, -0.05) is 38.1 Å². The summed E-state index contributed by atoms with van der Waals surface area (Å²) < 4.78 is 0. The number of rotatable bonds is 7. The van der Waals surface area contributed by atoms with Gasteiger partial charge in [-0.25, -0.2) is 9.97 Å². The second-order valence-electron chi connectivity index (χ2n) is 10.5. The second kappa shape index (κ2) is 9.88. The van der Waals surface area contributed by atoms with E-state index in [1.165, 1.54) is 30.6 Å². The lowest BCUT2D eigenvalue weighted by atomic mass is 10.0. The Labute approximate surface area is 236 Å². The van der Waals surface area contributed by atoms with Crippen molar-refractivity contribution in [3.8, 4) is 33.2 Å². The van der Waals surface area contributed by atoms with Gasteiger partial charge < -0.3 is 10.3 Å². The average molecular weight is 544 g/mol. The molecule has 8 heteroatoms. The lowest BCUT2D eigenvalue weighted by molar-refractivity contribution is 0.649. The number of hydrogen-bond acceptors (Lipinski definition) is 6. The third-order valence-corrected chi connectivity index (χ3v) is 8.90. The number of para-hydroxylation sites is 1. The van der Waals surface area contributed by atoms with Crippen molar-refractivity contribution in [3.05, 3.63) is 84.7 Å². The molecule has 1 aromatic carbocycles. The summed E-state index contributed by atoms with van der Waals surface area (Å²) in [6.07, 6.45) is 8.63. The number of H-pyrrole nitrogens is 2. The highest BCUT2D eigenvalue weighted by Crippen LogP contribution is 2.37. The van der Waals surface area contributed by atoms with Crippen molar-refractivity contribution in [2.24, 2.45) is 5.92 Å². The first kappa shape index (κ1) is 24.5. The van der Waals surface area contributed by atoms with Crippen LogP contribution in [0.1, 0.15) is 37.5 Å². The smallest absolute Gasteiger partial charge is 0.161 e. The van der Waals surface area contributed by atoms with Crippen LogP contribution in [0, 0.1) is 5.92 Å². The molecule has 0 unspecified atom stereocenters. The van der Waals surface area contributed by atoms with Gasteiger partial charge in [0.1, 0.15) is 5.52 Å². The molecule has 7 nitrogen and oxygen atoms in total. The van der Waals surface area contributed by atoms with Gasteiger partial charge in [-0.3, -0.25) is 10.1 Å². The van der Waals surface area contributed by atoms with Crippen molar-refractivity contribution < 1.29 is 0 Å². The minimum absolute atomic E-state index is 0.531. The molecule has 40 heavy (non-hydrogen) atoms. The molecule has 3 N–H and O–H groups in total. The third kappa shape index (κ3) is 4.40. The first-order valence-corrected chi connectivity index (χ1v) is 14.4. The van der Waals surface area contributed by atoms with Crippen LogP contribution in [0.25, 0.3) is 60.9 Å². The Bertz CT molecular complexity index is 1900. The van der Waals surface area contributed by atoms with Gasteiger partial charge in [0.2, 0.25) is 0 Å². The van der Waals surface area contributed by atoms with E-state index in [2.05, 4.69) is 62.9 Å². The predicted molar refractivity (Wildman–Crippen MR) is 165 cm³/mol. The molecule has 0 spiro atoms. The van der Waals surface area contributed by atoms with Crippen molar-refractivity contribution in [2.75, 3.05) is 5.32 Å². The summed E-state index contributed by atoms with van der Waals surface area (Å²) in [6, 6.07) is 16.5. The van der Waals surface area contributed by atoms with Crippen LogP contribution in [0.3, 0.4) is 0 Å². The van der Waals surface area contributed by atoms with E-state index in [1.54, 1.807) is 11.3 Å². The number of anilines is 1. The summed E-state index contributed by atoms with van der Waals surface area (Å²) in [5.41, 5.74) is 10.0. The number of nitrogens with zero attached hydrogens (tertiary/aromatic N) is 4. The lowest BCUT2D eigenvalue weighted by Gasteiger charge is -2.15. The summed E-state index contributed by atoms with van der Waals surface area (Å²) in [5.74, 6) is 1.21. The van der Waals surface area contributed by atoms with Crippen molar-refractivity contribution in [1.29, 1.82) is 0 Å². The highest BCUT2D eigenvalue weighted by molar-refractivity contribution is 7.16. The van der Waals surface area contributed by atoms with Gasteiger partial charge in [0, 0.05) is 32.8 Å². The lowest BCUT2D eigenvalue weighted by Crippen LogP contribution is -2.07. The molecule has 0 amide bonds. The van der Waals surface area contributed by atoms with Crippen LogP contribution in [0.5, 0.6) is 0 Å². The highest BCUT2D eigenvalue weighted by Gasteiger charge is 2.19. The number of nitrogens with one attached hydrogen (secondary N) is 3. The van der Waals surface area contributed by atoms with Gasteiger partial charge in [-0.2, -0.15) is 5.10 Å². The zero-order valence-electron chi connectivity index (χ0n) is 22.3. The zero-order chi connectivity index (χ0) is 27.2. The van der Waals surface area contributed by atoms with Crippen molar-refractivity contribution in [3.63, 3.8) is 0 Å². The molecular formula is C32H29N7S. The molecule has 0 atom stereocenters. The van der Waals surface area contributed by atoms with Gasteiger partial charge in [-0.05, 0) is 67.7 Å². The maximum absolute atomic E-state index is 5.00. The number of fused-ring (bicyclic) bond motifs is 2. The van der Waals surface area contributed by atoms with Gasteiger partial charge in [0.05, 0.1) is 34.1 Å². The van der Waals surface area contributed by atoms with Crippen LogP contribution >= 0.6 is 11.3 Å². The molecule has 1 fully saturated rings. The van der Waals surface area contributed by atoms with Crippen molar-refractivity contribution in [2.45, 2.75) is 32.6 Å². The summed E-state index contributed by atoms with van der Waals surface area (Å²) in [7, 11) is 0. The fourth-order valence-corrected chi connectivity index (χ4v) is 6.45. The Kier molecular flexibility index (Phi) is 6.04. The summed E-state index contributed by atoms with van der Waals surface area (Å²) in [4.78, 5) is 20.3. The van der Waals surface area contributed by atoms with E-state index in [1.807, 2.05) is 43.6 Å². The number of benzene rings is 1. The number of aromatic amines is 2. The minimum Gasteiger partial charge on any atom is -0.358 e. The highest BCUT2D eigenvalue weighted by atomic mass is 32.1. The molecule has 0 saturated heterocycles.